The van der Waals surface area contributed by atoms with E-state index in [0.29, 0.717) is 16.7 Å². The van der Waals surface area contributed by atoms with E-state index in [1.54, 1.807) is 20.8 Å². The molecule has 4 heteroatoms. The molecule has 4 nitrogen and oxygen atoms in total. The van der Waals surface area contributed by atoms with Crippen LogP contribution in [0.1, 0.15) is 30.7 Å². The van der Waals surface area contributed by atoms with Crippen molar-refractivity contribution in [3.8, 4) is 5.75 Å². The van der Waals surface area contributed by atoms with Crippen molar-refractivity contribution >= 4 is 10.9 Å². The van der Waals surface area contributed by atoms with E-state index in [1.807, 2.05) is 48.5 Å². The number of aromatic amines is 1. The van der Waals surface area contributed by atoms with Crippen LogP contribution in [0.15, 0.2) is 53.3 Å². The van der Waals surface area contributed by atoms with Crippen LogP contribution in [-0.2, 0) is 12.2 Å². The second-order valence-corrected chi connectivity index (χ2v) is 6.48. The maximum Gasteiger partial charge on any atom is 0.192 e. The molecule has 124 valence electrons. The third kappa shape index (κ3) is 3.19. The number of para-hydroxylation sites is 1. The van der Waals surface area contributed by atoms with Gasteiger partial charge in [0.05, 0.1) is 11.3 Å². The molecule has 3 rings (SSSR count). The molecule has 2 aromatic carbocycles. The van der Waals surface area contributed by atoms with Crippen molar-refractivity contribution in [2.45, 2.75) is 33.0 Å². The lowest BCUT2D eigenvalue weighted by atomic mass is 9.98. The minimum absolute atomic E-state index is 0.0215. The molecule has 3 aromatic rings. The second-order valence-electron chi connectivity index (χ2n) is 6.48. The first-order valence-electron chi connectivity index (χ1n) is 7.92. The van der Waals surface area contributed by atoms with Gasteiger partial charge >= 0.3 is 0 Å². The van der Waals surface area contributed by atoms with Gasteiger partial charge in [0.25, 0.3) is 0 Å². The third-order valence-electron chi connectivity index (χ3n) is 4.17. The van der Waals surface area contributed by atoms with Crippen LogP contribution in [0, 0.1) is 6.92 Å². The molecule has 0 radical (unpaired) electrons. The molecule has 0 atom stereocenters. The summed E-state index contributed by atoms with van der Waals surface area (Å²) in [4.78, 5) is 15.7. The first kappa shape index (κ1) is 16.3. The molecule has 0 bridgehead atoms. The van der Waals surface area contributed by atoms with Gasteiger partial charge in [0.2, 0.25) is 0 Å². The highest BCUT2D eigenvalue weighted by molar-refractivity contribution is 5.79. The molecule has 0 saturated carbocycles. The Morgan fingerprint density at radius 1 is 1.12 bits per heavy atom. The van der Waals surface area contributed by atoms with Crippen LogP contribution in [0.25, 0.3) is 10.9 Å². The van der Waals surface area contributed by atoms with Crippen LogP contribution in [0.2, 0.25) is 0 Å². The monoisotopic (exact) mass is 323 g/mol. The molecule has 0 amide bonds. The summed E-state index contributed by atoms with van der Waals surface area (Å²) in [5, 5.41) is 10.8. The fraction of sp³-hybridized carbons (Fsp3) is 0.250. The first-order chi connectivity index (χ1) is 11.4. The van der Waals surface area contributed by atoms with Crippen molar-refractivity contribution < 1.29 is 9.84 Å². The molecular formula is C20H21NO3. The largest absolute Gasteiger partial charge is 0.487 e. The van der Waals surface area contributed by atoms with Crippen molar-refractivity contribution in [1.29, 1.82) is 0 Å². The molecule has 0 fully saturated rings. The van der Waals surface area contributed by atoms with Gasteiger partial charge in [0.15, 0.2) is 5.43 Å². The number of aliphatic hydroxyl groups is 1. The Labute approximate surface area is 140 Å². The van der Waals surface area contributed by atoms with E-state index in [1.165, 1.54) is 0 Å². The SMILES string of the molecule is Cc1c(COc2cccc(C(C)(C)O)c2)[nH]c2ccccc2c1=O. The number of hydrogen-bond acceptors (Lipinski definition) is 3. The van der Waals surface area contributed by atoms with E-state index < -0.39 is 5.60 Å². The van der Waals surface area contributed by atoms with Gasteiger partial charge in [-0.05, 0) is 50.6 Å². The van der Waals surface area contributed by atoms with Gasteiger partial charge < -0.3 is 14.8 Å². The van der Waals surface area contributed by atoms with Crippen LogP contribution >= 0.6 is 0 Å². The summed E-state index contributed by atoms with van der Waals surface area (Å²) in [7, 11) is 0. The van der Waals surface area contributed by atoms with Crippen LogP contribution < -0.4 is 10.2 Å². The van der Waals surface area contributed by atoms with Gasteiger partial charge in [-0.1, -0.05) is 24.3 Å². The number of fused-ring (bicyclic) bond motifs is 1. The highest BCUT2D eigenvalue weighted by atomic mass is 16.5. The van der Waals surface area contributed by atoms with Crippen molar-refractivity contribution in [3.63, 3.8) is 0 Å². The van der Waals surface area contributed by atoms with Crippen LogP contribution in [-0.4, -0.2) is 10.1 Å². The predicted octanol–water partition coefficient (Wildman–Crippen LogP) is 3.64. The number of rotatable bonds is 4. The van der Waals surface area contributed by atoms with Crippen molar-refractivity contribution in [1.82, 2.24) is 4.98 Å². The Bertz CT molecular complexity index is 936. The summed E-state index contributed by atoms with van der Waals surface area (Å²) in [5.41, 5.74) is 2.10. The van der Waals surface area contributed by atoms with Crippen molar-refractivity contribution in [2.24, 2.45) is 0 Å². The molecule has 1 aromatic heterocycles. The zero-order valence-electron chi connectivity index (χ0n) is 14.1. The Morgan fingerprint density at radius 3 is 2.62 bits per heavy atom. The fourth-order valence-corrected chi connectivity index (χ4v) is 2.65. The number of nitrogens with one attached hydrogen (secondary N) is 1. The van der Waals surface area contributed by atoms with Crippen molar-refractivity contribution in [3.05, 3.63) is 75.6 Å². The van der Waals surface area contributed by atoms with E-state index in [-0.39, 0.29) is 12.0 Å². The minimum atomic E-state index is -0.924. The van der Waals surface area contributed by atoms with E-state index in [2.05, 4.69) is 4.98 Å². The third-order valence-corrected chi connectivity index (χ3v) is 4.17. The molecule has 1 heterocycles. The summed E-state index contributed by atoms with van der Waals surface area (Å²) in [5.74, 6) is 0.656. The predicted molar refractivity (Wildman–Crippen MR) is 95.3 cm³/mol. The standard InChI is InChI=1S/C20H21NO3/c1-13-18(21-17-10-5-4-9-16(17)19(13)22)12-24-15-8-6-7-14(11-15)20(2,3)23/h4-11,23H,12H2,1-3H3,(H,21,22). The number of hydrogen-bond donors (Lipinski definition) is 2. The summed E-state index contributed by atoms with van der Waals surface area (Å²) in [6, 6.07) is 14.8. The lowest BCUT2D eigenvalue weighted by Crippen LogP contribution is -2.15. The second kappa shape index (κ2) is 6.13. The number of ether oxygens (including phenoxy) is 1. The molecule has 0 aliphatic rings. The molecule has 2 N–H and O–H groups in total. The summed E-state index contributed by atoms with van der Waals surface area (Å²) < 4.78 is 5.83. The number of pyridine rings is 1. The minimum Gasteiger partial charge on any atom is -0.487 e. The van der Waals surface area contributed by atoms with Crippen LogP contribution in [0.3, 0.4) is 0 Å². The number of benzene rings is 2. The molecule has 0 unspecified atom stereocenters. The molecular weight excluding hydrogens is 302 g/mol. The average Bonchev–Trinajstić information content (AvgIpc) is 2.56. The fourth-order valence-electron chi connectivity index (χ4n) is 2.65. The zero-order valence-corrected chi connectivity index (χ0v) is 14.1. The summed E-state index contributed by atoms with van der Waals surface area (Å²) in [6.07, 6.45) is 0. The first-order valence-corrected chi connectivity index (χ1v) is 7.92. The molecule has 0 aliphatic carbocycles. The maximum atomic E-state index is 12.4. The van der Waals surface area contributed by atoms with E-state index in [4.69, 9.17) is 4.74 Å². The smallest absolute Gasteiger partial charge is 0.192 e. The Morgan fingerprint density at radius 2 is 1.88 bits per heavy atom. The summed E-state index contributed by atoms with van der Waals surface area (Å²) >= 11 is 0. The van der Waals surface area contributed by atoms with Crippen molar-refractivity contribution in [2.75, 3.05) is 0 Å². The highest BCUT2D eigenvalue weighted by Crippen LogP contribution is 2.24. The van der Waals surface area contributed by atoms with E-state index in [0.717, 1.165) is 16.8 Å². The lowest BCUT2D eigenvalue weighted by Gasteiger charge is -2.18. The van der Waals surface area contributed by atoms with Crippen LogP contribution in [0.4, 0.5) is 0 Å². The van der Waals surface area contributed by atoms with Gasteiger partial charge in [-0.25, -0.2) is 0 Å². The number of H-pyrrole nitrogens is 1. The summed E-state index contributed by atoms with van der Waals surface area (Å²) in [6.45, 7) is 5.53. The lowest BCUT2D eigenvalue weighted by molar-refractivity contribution is 0.0782. The topological polar surface area (TPSA) is 62.3 Å². The molecule has 0 spiro atoms. The Hall–Kier alpha value is -2.59. The van der Waals surface area contributed by atoms with E-state index >= 15 is 0 Å². The highest BCUT2D eigenvalue weighted by Gasteiger charge is 2.16. The Kier molecular flexibility index (Phi) is 4.16. The van der Waals surface area contributed by atoms with E-state index in [9.17, 15) is 9.90 Å². The molecule has 0 aliphatic heterocycles. The normalized spacial score (nSPS) is 11.7. The van der Waals surface area contributed by atoms with Gasteiger partial charge in [-0.3, -0.25) is 4.79 Å². The van der Waals surface area contributed by atoms with Gasteiger partial charge in [0, 0.05) is 16.5 Å². The molecule has 0 saturated heterocycles. The zero-order chi connectivity index (χ0) is 17.3. The van der Waals surface area contributed by atoms with Gasteiger partial charge in [0.1, 0.15) is 12.4 Å². The van der Waals surface area contributed by atoms with Crippen LogP contribution in [0.5, 0.6) is 5.75 Å². The van der Waals surface area contributed by atoms with Gasteiger partial charge in [-0.15, -0.1) is 0 Å². The van der Waals surface area contributed by atoms with Gasteiger partial charge in [-0.2, -0.15) is 0 Å². The average molecular weight is 323 g/mol. The quantitative estimate of drug-likeness (QED) is 0.770. The number of aromatic nitrogens is 1. The Balaban J connectivity index is 1.89. The molecule has 24 heavy (non-hydrogen) atoms. The maximum absolute atomic E-state index is 12.4.